The lowest BCUT2D eigenvalue weighted by Gasteiger charge is -2.27. The summed E-state index contributed by atoms with van der Waals surface area (Å²) in [5.74, 6) is -1.44. The number of aliphatic hydroxyl groups excluding tert-OH is 1. The van der Waals surface area contributed by atoms with Crippen molar-refractivity contribution >= 4 is 23.1 Å². The van der Waals surface area contributed by atoms with Crippen LogP contribution in [0.25, 0.3) is 5.76 Å². The molecule has 31 heavy (non-hydrogen) atoms. The van der Waals surface area contributed by atoms with Crippen LogP contribution < -0.4 is 4.90 Å². The van der Waals surface area contributed by atoms with E-state index in [-0.39, 0.29) is 11.3 Å². The summed E-state index contributed by atoms with van der Waals surface area (Å²) in [6.07, 6.45) is 0. The summed E-state index contributed by atoms with van der Waals surface area (Å²) >= 11 is 0. The summed E-state index contributed by atoms with van der Waals surface area (Å²) in [6.45, 7) is 7.69. The third-order valence-electron chi connectivity index (χ3n) is 5.83. The molecule has 0 bridgehead atoms. The Balaban J connectivity index is 2.02. The summed E-state index contributed by atoms with van der Waals surface area (Å²) in [7, 11) is 0. The molecule has 1 saturated heterocycles. The molecule has 0 aliphatic carbocycles. The molecule has 0 spiro atoms. The van der Waals surface area contributed by atoms with Crippen molar-refractivity contribution in [3.05, 3.63) is 106 Å². The van der Waals surface area contributed by atoms with Crippen LogP contribution >= 0.6 is 0 Å². The van der Waals surface area contributed by atoms with Gasteiger partial charge in [0.1, 0.15) is 5.76 Å². The van der Waals surface area contributed by atoms with Gasteiger partial charge in [0.15, 0.2) is 0 Å². The minimum Gasteiger partial charge on any atom is -0.507 e. The highest BCUT2D eigenvalue weighted by atomic mass is 16.3. The average molecular weight is 412 g/mol. The number of anilines is 1. The first-order chi connectivity index (χ1) is 14.8. The zero-order valence-corrected chi connectivity index (χ0v) is 18.1. The van der Waals surface area contributed by atoms with Crippen LogP contribution in [-0.4, -0.2) is 16.8 Å². The number of rotatable bonds is 3. The Hall–Kier alpha value is -3.66. The molecule has 1 N–H and O–H groups in total. The third-order valence-corrected chi connectivity index (χ3v) is 5.83. The second-order valence-electron chi connectivity index (χ2n) is 8.19. The zero-order chi connectivity index (χ0) is 22.3. The molecular formula is C27H25NO3. The Morgan fingerprint density at radius 1 is 0.806 bits per heavy atom. The number of benzene rings is 3. The van der Waals surface area contributed by atoms with E-state index < -0.39 is 17.7 Å². The largest absolute Gasteiger partial charge is 0.507 e. The molecule has 0 aromatic heterocycles. The molecule has 1 atom stereocenters. The maximum absolute atomic E-state index is 13.3. The second-order valence-corrected chi connectivity index (χ2v) is 8.19. The van der Waals surface area contributed by atoms with Gasteiger partial charge in [-0.05, 0) is 56.5 Å². The summed E-state index contributed by atoms with van der Waals surface area (Å²) in [4.78, 5) is 28.0. The van der Waals surface area contributed by atoms with Crippen molar-refractivity contribution in [2.75, 3.05) is 4.90 Å². The maximum atomic E-state index is 13.3. The molecule has 4 nitrogen and oxygen atoms in total. The van der Waals surface area contributed by atoms with E-state index in [0.717, 1.165) is 27.8 Å². The number of Topliss-reactive ketones (excluding diaryl/α,β-unsaturated/α-hetero) is 1. The smallest absolute Gasteiger partial charge is 0.300 e. The first kappa shape index (κ1) is 20.6. The predicted octanol–water partition coefficient (Wildman–Crippen LogP) is 5.55. The van der Waals surface area contributed by atoms with Gasteiger partial charge in [0.25, 0.3) is 11.7 Å². The molecule has 1 aliphatic rings. The van der Waals surface area contributed by atoms with Crippen molar-refractivity contribution in [2.45, 2.75) is 33.7 Å². The topological polar surface area (TPSA) is 57.6 Å². The first-order valence-corrected chi connectivity index (χ1v) is 10.3. The number of hydrogen-bond acceptors (Lipinski definition) is 3. The molecule has 1 amide bonds. The fourth-order valence-electron chi connectivity index (χ4n) is 4.21. The SMILES string of the molecule is Cc1cccc(C2/C(=C(\O)c3cc(C)ccc3C)C(=O)C(=O)N2c2ccccc2C)c1. The van der Waals surface area contributed by atoms with Crippen LogP contribution in [-0.2, 0) is 9.59 Å². The van der Waals surface area contributed by atoms with Gasteiger partial charge in [0.2, 0.25) is 0 Å². The Bertz CT molecular complexity index is 1240. The fourth-order valence-corrected chi connectivity index (χ4v) is 4.21. The van der Waals surface area contributed by atoms with E-state index in [1.165, 1.54) is 4.90 Å². The third kappa shape index (κ3) is 3.55. The normalized spacial score (nSPS) is 17.9. The van der Waals surface area contributed by atoms with E-state index in [9.17, 15) is 14.7 Å². The van der Waals surface area contributed by atoms with Gasteiger partial charge in [-0.2, -0.15) is 0 Å². The highest BCUT2D eigenvalue weighted by Gasteiger charge is 2.47. The number of aliphatic hydroxyl groups is 1. The summed E-state index contributed by atoms with van der Waals surface area (Å²) in [6, 6.07) is 20.2. The number of carbonyl (C=O) groups is 2. The predicted molar refractivity (Wildman–Crippen MR) is 123 cm³/mol. The summed E-state index contributed by atoms with van der Waals surface area (Å²) in [5.41, 5.74) is 5.84. The van der Waals surface area contributed by atoms with E-state index in [1.807, 2.05) is 94.4 Å². The van der Waals surface area contributed by atoms with E-state index in [4.69, 9.17) is 0 Å². The molecule has 1 fully saturated rings. The molecule has 0 saturated carbocycles. The average Bonchev–Trinajstić information content (AvgIpc) is 3.00. The fraction of sp³-hybridized carbons (Fsp3) is 0.185. The standard InChI is InChI=1S/C27H25NO3/c1-16-8-7-10-20(14-16)24-23(25(29)21-15-17(2)12-13-18(21)3)26(30)27(31)28(24)22-11-6-5-9-19(22)4/h5-15,24,29H,1-4H3/b25-23+. The lowest BCUT2D eigenvalue weighted by molar-refractivity contribution is -0.132. The van der Waals surface area contributed by atoms with Gasteiger partial charge in [-0.3, -0.25) is 14.5 Å². The summed E-state index contributed by atoms with van der Waals surface area (Å²) < 4.78 is 0. The molecule has 1 aliphatic heterocycles. The van der Waals surface area contributed by atoms with Gasteiger partial charge < -0.3 is 5.11 Å². The number of nitrogens with zero attached hydrogens (tertiary/aromatic N) is 1. The van der Waals surface area contributed by atoms with Crippen molar-refractivity contribution < 1.29 is 14.7 Å². The Morgan fingerprint density at radius 3 is 2.23 bits per heavy atom. The lowest BCUT2D eigenvalue weighted by Crippen LogP contribution is -2.30. The first-order valence-electron chi connectivity index (χ1n) is 10.3. The minimum atomic E-state index is -0.707. The van der Waals surface area contributed by atoms with E-state index in [0.29, 0.717) is 11.3 Å². The number of aryl methyl sites for hydroxylation is 4. The van der Waals surface area contributed by atoms with Crippen LogP contribution in [0.5, 0.6) is 0 Å². The lowest BCUT2D eigenvalue weighted by atomic mass is 9.92. The number of amides is 1. The number of hydrogen-bond donors (Lipinski definition) is 1. The minimum absolute atomic E-state index is 0.118. The summed E-state index contributed by atoms with van der Waals surface area (Å²) in [5, 5.41) is 11.3. The van der Waals surface area contributed by atoms with Crippen molar-refractivity contribution in [2.24, 2.45) is 0 Å². The number of carbonyl (C=O) groups excluding carboxylic acids is 2. The Kier molecular flexibility index (Phi) is 5.24. The Labute approximate surface area is 182 Å². The molecule has 0 radical (unpaired) electrons. The second kappa shape index (κ2) is 7.88. The monoisotopic (exact) mass is 411 g/mol. The van der Waals surface area contributed by atoms with Crippen molar-refractivity contribution in [1.82, 2.24) is 0 Å². The van der Waals surface area contributed by atoms with Gasteiger partial charge in [-0.25, -0.2) is 0 Å². The molecule has 4 rings (SSSR count). The van der Waals surface area contributed by atoms with E-state index >= 15 is 0 Å². The number of para-hydroxylation sites is 1. The van der Waals surface area contributed by atoms with Crippen LogP contribution in [0.4, 0.5) is 5.69 Å². The van der Waals surface area contributed by atoms with Gasteiger partial charge in [0, 0.05) is 11.3 Å². The maximum Gasteiger partial charge on any atom is 0.300 e. The molecule has 1 unspecified atom stereocenters. The Morgan fingerprint density at radius 2 is 1.52 bits per heavy atom. The van der Waals surface area contributed by atoms with Crippen LogP contribution in [0.15, 0.2) is 72.3 Å². The van der Waals surface area contributed by atoms with Crippen LogP contribution in [0, 0.1) is 27.7 Å². The van der Waals surface area contributed by atoms with E-state index in [2.05, 4.69) is 0 Å². The zero-order valence-electron chi connectivity index (χ0n) is 18.1. The molecule has 4 heteroatoms. The van der Waals surface area contributed by atoms with Gasteiger partial charge in [-0.1, -0.05) is 65.7 Å². The molecule has 3 aromatic carbocycles. The highest BCUT2D eigenvalue weighted by Crippen LogP contribution is 2.43. The molecule has 1 heterocycles. The van der Waals surface area contributed by atoms with Gasteiger partial charge >= 0.3 is 0 Å². The molecule has 3 aromatic rings. The highest BCUT2D eigenvalue weighted by molar-refractivity contribution is 6.51. The van der Waals surface area contributed by atoms with Gasteiger partial charge in [0.05, 0.1) is 11.6 Å². The van der Waals surface area contributed by atoms with Crippen molar-refractivity contribution in [3.8, 4) is 0 Å². The quantitative estimate of drug-likeness (QED) is 0.349. The van der Waals surface area contributed by atoms with Crippen LogP contribution in [0.3, 0.4) is 0 Å². The van der Waals surface area contributed by atoms with Crippen LogP contribution in [0.2, 0.25) is 0 Å². The van der Waals surface area contributed by atoms with Crippen molar-refractivity contribution in [3.63, 3.8) is 0 Å². The molecule has 156 valence electrons. The van der Waals surface area contributed by atoms with Gasteiger partial charge in [-0.15, -0.1) is 0 Å². The number of ketones is 1. The van der Waals surface area contributed by atoms with Crippen molar-refractivity contribution in [1.29, 1.82) is 0 Å². The molecular weight excluding hydrogens is 386 g/mol. The van der Waals surface area contributed by atoms with Crippen LogP contribution in [0.1, 0.15) is 39.4 Å². The van der Waals surface area contributed by atoms with E-state index in [1.54, 1.807) is 0 Å².